The van der Waals surface area contributed by atoms with Crippen molar-refractivity contribution in [1.82, 2.24) is 15.1 Å². The van der Waals surface area contributed by atoms with E-state index in [2.05, 4.69) is 15.7 Å². The number of aryl methyl sites for hydroxylation is 1. The van der Waals surface area contributed by atoms with E-state index in [1.807, 2.05) is 0 Å². The highest BCUT2D eigenvalue weighted by Crippen LogP contribution is 2.22. The summed E-state index contributed by atoms with van der Waals surface area (Å²) in [5, 5.41) is 10.9. The van der Waals surface area contributed by atoms with E-state index >= 15 is 0 Å². The van der Waals surface area contributed by atoms with Gasteiger partial charge in [-0.3, -0.25) is 14.4 Å². The molecule has 142 valence electrons. The molecular formula is C21H20N4O3. The third-order valence-corrected chi connectivity index (χ3v) is 4.71. The molecule has 1 heterocycles. The number of hydrogen-bond acceptors (Lipinski definition) is 4. The minimum atomic E-state index is -0.468. The van der Waals surface area contributed by atoms with Crippen LogP contribution in [0.25, 0.3) is 10.8 Å². The maximum atomic E-state index is 13.0. The number of rotatable bonds is 5. The Morgan fingerprint density at radius 3 is 2.43 bits per heavy atom. The van der Waals surface area contributed by atoms with Gasteiger partial charge in [-0.05, 0) is 38.0 Å². The maximum absolute atomic E-state index is 13.0. The molecule has 2 N–H and O–H groups in total. The number of carbonyl (C=O) groups is 2. The third kappa shape index (κ3) is 3.38. The number of fused-ring (bicyclic) bond motifs is 1. The fourth-order valence-electron chi connectivity index (χ4n) is 3.08. The van der Waals surface area contributed by atoms with Crippen LogP contribution in [0, 0.1) is 0 Å². The molecule has 1 saturated carbocycles. The third-order valence-electron chi connectivity index (χ3n) is 4.71. The van der Waals surface area contributed by atoms with Crippen molar-refractivity contribution in [1.29, 1.82) is 0 Å². The number of hydrogen-bond donors (Lipinski definition) is 2. The number of carbonyl (C=O) groups excluding carboxylic acids is 2. The number of nitrogens with one attached hydrogen (secondary N) is 2. The van der Waals surface area contributed by atoms with E-state index in [0.29, 0.717) is 28.6 Å². The van der Waals surface area contributed by atoms with Crippen molar-refractivity contribution in [3.63, 3.8) is 0 Å². The van der Waals surface area contributed by atoms with Crippen LogP contribution in [0.4, 0.5) is 5.69 Å². The Kier molecular flexibility index (Phi) is 4.65. The zero-order valence-corrected chi connectivity index (χ0v) is 15.4. The number of nitrogens with zero attached hydrogens (tertiary/aromatic N) is 2. The van der Waals surface area contributed by atoms with Gasteiger partial charge < -0.3 is 10.6 Å². The highest BCUT2D eigenvalue weighted by molar-refractivity contribution is 6.13. The van der Waals surface area contributed by atoms with E-state index in [1.165, 1.54) is 4.68 Å². The summed E-state index contributed by atoms with van der Waals surface area (Å²) in [7, 11) is 0. The molecule has 1 aliphatic rings. The summed E-state index contributed by atoms with van der Waals surface area (Å²) in [6.45, 7) is 2.15. The standard InChI is InChI=1S/C21H20N4O3/c1-2-25-21(28)15-8-4-3-7-14(15)18(24-25)20(27)23-17-10-6-5-9-16(17)19(26)22-13-11-12-13/h3-10,13H,2,11-12H2,1H3,(H,22,26)(H,23,27). The van der Waals surface area contributed by atoms with Crippen LogP contribution in [0.2, 0.25) is 0 Å². The lowest BCUT2D eigenvalue weighted by molar-refractivity contribution is 0.0952. The Morgan fingerprint density at radius 1 is 1.04 bits per heavy atom. The Hall–Kier alpha value is -3.48. The lowest BCUT2D eigenvalue weighted by Crippen LogP contribution is -2.29. The average molecular weight is 376 g/mol. The summed E-state index contributed by atoms with van der Waals surface area (Å²) in [5.41, 5.74) is 0.718. The first-order valence-electron chi connectivity index (χ1n) is 9.29. The van der Waals surface area contributed by atoms with E-state index in [-0.39, 0.29) is 23.2 Å². The topological polar surface area (TPSA) is 93.1 Å². The van der Waals surface area contributed by atoms with E-state index in [1.54, 1.807) is 55.5 Å². The van der Waals surface area contributed by atoms with Gasteiger partial charge in [-0.2, -0.15) is 5.10 Å². The van der Waals surface area contributed by atoms with Gasteiger partial charge in [0, 0.05) is 18.0 Å². The Bertz CT molecular complexity index is 1130. The predicted octanol–water partition coefficient (Wildman–Crippen LogP) is 2.56. The van der Waals surface area contributed by atoms with Crippen molar-refractivity contribution < 1.29 is 9.59 Å². The first kappa shape index (κ1) is 17.9. The molecule has 0 bridgehead atoms. The lowest BCUT2D eigenvalue weighted by Gasteiger charge is -2.13. The lowest BCUT2D eigenvalue weighted by atomic mass is 10.1. The number of para-hydroxylation sites is 1. The van der Waals surface area contributed by atoms with Crippen LogP contribution >= 0.6 is 0 Å². The zero-order valence-electron chi connectivity index (χ0n) is 15.4. The monoisotopic (exact) mass is 376 g/mol. The molecule has 7 nitrogen and oxygen atoms in total. The Morgan fingerprint density at radius 2 is 1.71 bits per heavy atom. The van der Waals surface area contributed by atoms with E-state index < -0.39 is 5.91 Å². The van der Waals surface area contributed by atoms with Gasteiger partial charge in [0.1, 0.15) is 0 Å². The molecule has 28 heavy (non-hydrogen) atoms. The summed E-state index contributed by atoms with van der Waals surface area (Å²) >= 11 is 0. The number of aromatic nitrogens is 2. The fraction of sp³-hybridized carbons (Fsp3) is 0.238. The van der Waals surface area contributed by atoms with Crippen molar-refractivity contribution in [2.75, 3.05) is 5.32 Å². The molecule has 3 aromatic rings. The van der Waals surface area contributed by atoms with Gasteiger partial charge >= 0.3 is 0 Å². The maximum Gasteiger partial charge on any atom is 0.276 e. The second-order valence-corrected chi connectivity index (χ2v) is 6.76. The molecule has 4 rings (SSSR count). The van der Waals surface area contributed by atoms with Gasteiger partial charge in [-0.1, -0.05) is 30.3 Å². The van der Waals surface area contributed by atoms with Crippen LogP contribution < -0.4 is 16.2 Å². The summed E-state index contributed by atoms with van der Waals surface area (Å²) in [4.78, 5) is 37.9. The Labute approximate surface area is 161 Å². The van der Waals surface area contributed by atoms with Gasteiger partial charge in [0.05, 0.1) is 16.6 Å². The zero-order chi connectivity index (χ0) is 19.7. The van der Waals surface area contributed by atoms with Crippen molar-refractivity contribution in [2.45, 2.75) is 32.4 Å². The molecule has 0 unspecified atom stereocenters. The number of anilines is 1. The molecule has 1 aromatic heterocycles. The molecular weight excluding hydrogens is 356 g/mol. The SMILES string of the molecule is CCn1nc(C(=O)Nc2ccccc2C(=O)NC2CC2)c2ccccc2c1=O. The van der Waals surface area contributed by atoms with Crippen LogP contribution in [0.5, 0.6) is 0 Å². The van der Waals surface area contributed by atoms with E-state index in [0.717, 1.165) is 12.8 Å². The van der Waals surface area contributed by atoms with Gasteiger partial charge in [0.15, 0.2) is 5.69 Å². The molecule has 0 saturated heterocycles. The molecule has 2 aromatic carbocycles. The van der Waals surface area contributed by atoms with Gasteiger partial charge in [0.2, 0.25) is 0 Å². The van der Waals surface area contributed by atoms with Crippen LogP contribution in [-0.4, -0.2) is 27.6 Å². The first-order valence-corrected chi connectivity index (χ1v) is 9.29. The summed E-state index contributed by atoms with van der Waals surface area (Å²) in [6.07, 6.45) is 1.96. The van der Waals surface area contributed by atoms with Crippen LogP contribution in [-0.2, 0) is 6.54 Å². The van der Waals surface area contributed by atoms with Crippen molar-refractivity contribution in [3.05, 3.63) is 70.1 Å². The molecule has 0 radical (unpaired) electrons. The minimum Gasteiger partial charge on any atom is -0.349 e. The molecule has 7 heteroatoms. The van der Waals surface area contributed by atoms with Gasteiger partial charge in [0.25, 0.3) is 17.4 Å². The second-order valence-electron chi connectivity index (χ2n) is 6.76. The molecule has 0 spiro atoms. The minimum absolute atomic E-state index is 0.148. The molecule has 2 amide bonds. The van der Waals surface area contributed by atoms with Gasteiger partial charge in [-0.15, -0.1) is 0 Å². The van der Waals surface area contributed by atoms with Crippen LogP contribution in [0.3, 0.4) is 0 Å². The highest BCUT2D eigenvalue weighted by Gasteiger charge is 2.25. The highest BCUT2D eigenvalue weighted by atomic mass is 16.2. The molecule has 0 atom stereocenters. The number of benzene rings is 2. The first-order chi connectivity index (χ1) is 13.6. The van der Waals surface area contributed by atoms with E-state index in [4.69, 9.17) is 0 Å². The average Bonchev–Trinajstić information content (AvgIpc) is 3.52. The van der Waals surface area contributed by atoms with Crippen LogP contribution in [0.15, 0.2) is 53.3 Å². The van der Waals surface area contributed by atoms with Crippen LogP contribution in [0.1, 0.15) is 40.6 Å². The Balaban J connectivity index is 1.71. The van der Waals surface area contributed by atoms with Crippen molar-refractivity contribution in [3.8, 4) is 0 Å². The quantitative estimate of drug-likeness (QED) is 0.716. The smallest absolute Gasteiger partial charge is 0.276 e. The largest absolute Gasteiger partial charge is 0.349 e. The predicted molar refractivity (Wildman–Crippen MR) is 107 cm³/mol. The molecule has 0 aliphatic heterocycles. The number of amides is 2. The normalized spacial score (nSPS) is 13.3. The summed E-state index contributed by atoms with van der Waals surface area (Å²) in [6, 6.07) is 14.0. The molecule has 1 aliphatic carbocycles. The summed E-state index contributed by atoms with van der Waals surface area (Å²) in [5.74, 6) is -0.681. The van der Waals surface area contributed by atoms with E-state index in [9.17, 15) is 14.4 Å². The van der Waals surface area contributed by atoms with Crippen molar-refractivity contribution in [2.24, 2.45) is 0 Å². The van der Waals surface area contributed by atoms with Gasteiger partial charge in [-0.25, -0.2) is 4.68 Å². The summed E-state index contributed by atoms with van der Waals surface area (Å²) < 4.78 is 1.27. The van der Waals surface area contributed by atoms with Crippen molar-refractivity contribution >= 4 is 28.3 Å². The molecule has 1 fully saturated rings. The second kappa shape index (κ2) is 7.26. The fourth-order valence-corrected chi connectivity index (χ4v) is 3.08.